The van der Waals surface area contributed by atoms with Crippen molar-refractivity contribution in [2.45, 2.75) is 83.0 Å². The molecule has 0 aliphatic heterocycles. The van der Waals surface area contributed by atoms with Crippen LogP contribution in [0.1, 0.15) is 92.5 Å². The number of nitrogen functional groups attached to an aromatic ring is 1. The molecule has 1 aromatic carbocycles. The molecule has 3 rings (SSSR count). The van der Waals surface area contributed by atoms with E-state index < -0.39 is 5.92 Å². The number of aryl methyl sites for hydroxylation is 1. The number of carbonyl (C=O) groups is 2. The first kappa shape index (κ1) is 33.8. The fourth-order valence-electron chi connectivity index (χ4n) is 5.65. The van der Waals surface area contributed by atoms with E-state index in [2.05, 4.69) is 9.97 Å². The Morgan fingerprint density at radius 2 is 1.70 bits per heavy atom. The summed E-state index contributed by atoms with van der Waals surface area (Å²) in [7, 11) is 1.48. The Labute approximate surface area is 254 Å². The molecule has 0 radical (unpaired) electrons. The molecule has 0 saturated carbocycles. The molecule has 0 saturated heterocycles. The number of methoxy groups -OCH3 is 1. The lowest BCUT2D eigenvalue weighted by Crippen LogP contribution is -2.22. The Balaban J connectivity index is 1.70. The van der Waals surface area contributed by atoms with Crippen LogP contribution in [0.25, 0.3) is 0 Å². The molecule has 0 amide bonds. The number of hydrogen-bond donors (Lipinski definition) is 5. The summed E-state index contributed by atoms with van der Waals surface area (Å²) in [5.74, 6) is -0.330. The first-order valence-electron chi connectivity index (χ1n) is 15.3. The van der Waals surface area contributed by atoms with Crippen LogP contribution in [0.15, 0.2) is 48.8 Å². The quantitative estimate of drug-likeness (QED) is 0.0826. The van der Waals surface area contributed by atoms with Gasteiger partial charge in [0, 0.05) is 55.6 Å². The lowest BCUT2D eigenvalue weighted by molar-refractivity contribution is -0.127. The van der Waals surface area contributed by atoms with Crippen LogP contribution in [-0.2, 0) is 22.4 Å². The van der Waals surface area contributed by atoms with Crippen LogP contribution in [0.5, 0.6) is 11.5 Å². The number of phenols is 1. The minimum absolute atomic E-state index is 0.0281. The van der Waals surface area contributed by atoms with Crippen LogP contribution < -0.4 is 10.5 Å². The molecule has 0 aliphatic carbocycles. The number of nitrogens with two attached hydrogens (primary N) is 1. The van der Waals surface area contributed by atoms with Crippen molar-refractivity contribution in [1.82, 2.24) is 9.97 Å². The van der Waals surface area contributed by atoms with Gasteiger partial charge < -0.3 is 30.8 Å². The van der Waals surface area contributed by atoms with Gasteiger partial charge in [0.1, 0.15) is 17.4 Å². The molecule has 6 N–H and O–H groups in total. The predicted molar refractivity (Wildman–Crippen MR) is 167 cm³/mol. The highest BCUT2D eigenvalue weighted by atomic mass is 16.5. The summed E-state index contributed by atoms with van der Waals surface area (Å²) in [6.07, 6.45) is 11.8. The number of aromatic nitrogens is 2. The third-order valence-corrected chi connectivity index (χ3v) is 7.93. The molecule has 2 heterocycles. The van der Waals surface area contributed by atoms with E-state index >= 15 is 0 Å². The van der Waals surface area contributed by atoms with E-state index in [0.29, 0.717) is 30.6 Å². The highest BCUT2D eigenvalue weighted by Gasteiger charge is 2.30. The number of aliphatic hydroxyl groups excluding tert-OH is 2. The number of carbonyl (C=O) groups excluding carboxylic acids is 2. The number of hydrogen-bond acceptors (Lipinski definition) is 8. The highest BCUT2D eigenvalue weighted by molar-refractivity contribution is 5.99. The van der Waals surface area contributed by atoms with Gasteiger partial charge in [-0.25, -0.2) is 4.98 Å². The lowest BCUT2D eigenvalue weighted by Gasteiger charge is -2.28. The summed E-state index contributed by atoms with van der Waals surface area (Å²) in [6, 6.07) is 11.0. The Kier molecular flexibility index (Phi) is 14.2. The van der Waals surface area contributed by atoms with Gasteiger partial charge in [0.2, 0.25) is 0 Å². The molecule has 234 valence electrons. The first-order valence-corrected chi connectivity index (χ1v) is 15.3. The molecular weight excluding hydrogens is 546 g/mol. The number of rotatable bonds is 21. The number of pyridine rings is 1. The van der Waals surface area contributed by atoms with E-state index in [4.69, 9.17) is 15.6 Å². The maximum absolute atomic E-state index is 12.7. The van der Waals surface area contributed by atoms with Gasteiger partial charge in [-0.1, -0.05) is 38.2 Å². The Bertz CT molecular complexity index is 1280. The molecule has 9 nitrogen and oxygen atoms in total. The van der Waals surface area contributed by atoms with E-state index in [-0.39, 0.29) is 55.0 Å². The summed E-state index contributed by atoms with van der Waals surface area (Å²) in [4.78, 5) is 32.4. The SMILES string of the molecule is COc1cc(CCC(=O)CC(=O)CCCCCCCCCO)cc([C@@H](c2ccnc(N)c2)[C@H](CO)Cc2ccc[nH]2)c1O. The van der Waals surface area contributed by atoms with Crippen LogP contribution in [0.3, 0.4) is 0 Å². The van der Waals surface area contributed by atoms with Gasteiger partial charge in [0.15, 0.2) is 11.5 Å². The first-order chi connectivity index (χ1) is 20.9. The Morgan fingerprint density at radius 3 is 2.35 bits per heavy atom. The number of phenolic OH excluding ortho intramolecular Hbond substituents is 1. The number of nitrogens with one attached hydrogen (secondary N) is 1. The third kappa shape index (κ3) is 10.8. The van der Waals surface area contributed by atoms with E-state index in [1.165, 1.54) is 7.11 Å². The molecule has 3 aromatic rings. The number of unbranched alkanes of at least 4 members (excludes halogenated alkanes) is 6. The lowest BCUT2D eigenvalue weighted by atomic mass is 9.78. The molecule has 2 atom stereocenters. The molecule has 0 fully saturated rings. The zero-order valence-electron chi connectivity index (χ0n) is 25.3. The molecule has 9 heteroatoms. The molecule has 43 heavy (non-hydrogen) atoms. The van der Waals surface area contributed by atoms with Gasteiger partial charge in [-0.2, -0.15) is 0 Å². The molecule has 0 aliphatic rings. The van der Waals surface area contributed by atoms with Crippen molar-refractivity contribution in [1.29, 1.82) is 0 Å². The van der Waals surface area contributed by atoms with Crippen molar-refractivity contribution < 1.29 is 29.6 Å². The van der Waals surface area contributed by atoms with Crippen molar-refractivity contribution in [3.63, 3.8) is 0 Å². The van der Waals surface area contributed by atoms with Crippen LogP contribution in [-0.4, -0.2) is 57.2 Å². The number of Topliss-reactive ketones (excluding diaryl/α,β-unsaturated/α-hetero) is 2. The smallest absolute Gasteiger partial charge is 0.161 e. The largest absolute Gasteiger partial charge is 0.504 e. The van der Waals surface area contributed by atoms with Gasteiger partial charge >= 0.3 is 0 Å². The van der Waals surface area contributed by atoms with Gasteiger partial charge in [0.25, 0.3) is 0 Å². The number of aromatic hydroxyl groups is 1. The molecule has 2 aromatic heterocycles. The second-order valence-electron chi connectivity index (χ2n) is 11.3. The standard InChI is InChI=1S/C34H47N3O6/c1-43-31-19-24(12-13-29(41)22-28(40)11-7-5-3-2-4-6-8-17-38)18-30(34(31)42)33(25-14-16-37-32(35)21-25)26(23-39)20-27-10-9-15-36-27/h9-10,14-16,18-19,21,26,33,36,38-39,42H,2-8,11-13,17,20,22-23H2,1H3,(H2,35,37)/t26-,33-/m0/s1. The number of nitrogens with zero attached hydrogens (tertiary/aromatic N) is 1. The van der Waals surface area contributed by atoms with E-state index in [9.17, 15) is 19.8 Å². The van der Waals surface area contributed by atoms with Crippen molar-refractivity contribution in [3.05, 3.63) is 71.2 Å². The average molecular weight is 594 g/mol. The van der Waals surface area contributed by atoms with Crippen molar-refractivity contribution in [2.24, 2.45) is 5.92 Å². The monoisotopic (exact) mass is 593 g/mol. The summed E-state index contributed by atoms with van der Waals surface area (Å²) in [6.45, 7) is 0.0899. The molecular formula is C34H47N3O6. The summed E-state index contributed by atoms with van der Waals surface area (Å²) in [5, 5.41) is 30.6. The number of aliphatic hydroxyl groups is 2. The zero-order valence-corrected chi connectivity index (χ0v) is 25.3. The maximum atomic E-state index is 12.7. The third-order valence-electron chi connectivity index (χ3n) is 7.93. The molecule has 0 unspecified atom stereocenters. The normalized spacial score (nSPS) is 12.6. The number of aromatic amines is 1. The number of ether oxygens (including phenoxy) is 1. The van der Waals surface area contributed by atoms with Gasteiger partial charge in [-0.3, -0.25) is 9.59 Å². The summed E-state index contributed by atoms with van der Waals surface area (Å²) >= 11 is 0. The number of H-pyrrole nitrogens is 1. The topological polar surface area (TPSA) is 159 Å². The molecule has 0 spiro atoms. The van der Waals surface area contributed by atoms with E-state index in [1.54, 1.807) is 18.3 Å². The fraction of sp³-hybridized carbons (Fsp3) is 0.500. The average Bonchev–Trinajstić information content (AvgIpc) is 3.51. The van der Waals surface area contributed by atoms with Crippen molar-refractivity contribution in [2.75, 3.05) is 26.1 Å². The highest BCUT2D eigenvalue weighted by Crippen LogP contribution is 2.43. The Hall–Kier alpha value is -3.69. The van der Waals surface area contributed by atoms with E-state index in [0.717, 1.165) is 61.8 Å². The zero-order chi connectivity index (χ0) is 31.0. The summed E-state index contributed by atoms with van der Waals surface area (Å²) < 4.78 is 5.51. The number of anilines is 1. The number of ketones is 2. The predicted octanol–water partition coefficient (Wildman–Crippen LogP) is 5.26. The maximum Gasteiger partial charge on any atom is 0.161 e. The summed E-state index contributed by atoms with van der Waals surface area (Å²) in [5.41, 5.74) is 9.11. The fourth-order valence-corrected chi connectivity index (χ4v) is 5.65. The van der Waals surface area contributed by atoms with Gasteiger partial charge in [-0.15, -0.1) is 0 Å². The van der Waals surface area contributed by atoms with Crippen LogP contribution in [0.2, 0.25) is 0 Å². The van der Waals surface area contributed by atoms with Crippen molar-refractivity contribution >= 4 is 17.4 Å². The minimum atomic E-state index is -0.445. The minimum Gasteiger partial charge on any atom is -0.504 e. The second kappa shape index (κ2) is 18.1. The van der Waals surface area contributed by atoms with Gasteiger partial charge in [-0.05, 0) is 73.1 Å². The second-order valence-corrected chi connectivity index (χ2v) is 11.3. The van der Waals surface area contributed by atoms with Crippen molar-refractivity contribution in [3.8, 4) is 11.5 Å². The van der Waals surface area contributed by atoms with Crippen LogP contribution in [0, 0.1) is 5.92 Å². The van der Waals surface area contributed by atoms with Crippen LogP contribution >= 0.6 is 0 Å². The van der Waals surface area contributed by atoms with Crippen LogP contribution in [0.4, 0.5) is 5.82 Å². The van der Waals surface area contributed by atoms with E-state index in [1.807, 2.05) is 30.5 Å². The Morgan fingerprint density at radius 1 is 0.977 bits per heavy atom. The molecule has 0 bridgehead atoms. The van der Waals surface area contributed by atoms with Gasteiger partial charge in [0.05, 0.1) is 13.5 Å². The number of benzene rings is 1.